The Balaban J connectivity index is 1.73. The lowest BCUT2D eigenvalue weighted by atomic mass is 9.76. The monoisotopic (exact) mass is 322 g/mol. The van der Waals surface area contributed by atoms with Crippen LogP contribution in [-0.4, -0.2) is 16.3 Å². The molecule has 0 bridgehead atoms. The topological polar surface area (TPSA) is 81.6 Å². The summed E-state index contributed by atoms with van der Waals surface area (Å²) in [5.74, 6) is -0.318. The molecule has 1 aliphatic carbocycles. The summed E-state index contributed by atoms with van der Waals surface area (Å²) in [5.41, 5.74) is 6.32. The predicted molar refractivity (Wildman–Crippen MR) is 91.6 cm³/mol. The van der Waals surface area contributed by atoms with Crippen molar-refractivity contribution in [3.8, 4) is 0 Å². The molecule has 0 saturated carbocycles. The van der Waals surface area contributed by atoms with E-state index in [1.165, 1.54) is 0 Å². The number of allylic oxidation sites excluding steroid dienone is 2. The third-order valence-electron chi connectivity index (χ3n) is 5.01. The molecule has 24 heavy (non-hydrogen) atoms. The Morgan fingerprint density at radius 2 is 1.96 bits per heavy atom. The maximum Gasteiger partial charge on any atom is 0.335 e. The molecular weight excluding hydrogens is 304 g/mol. The van der Waals surface area contributed by atoms with Crippen LogP contribution in [0, 0.1) is 5.92 Å². The van der Waals surface area contributed by atoms with E-state index < -0.39 is 5.97 Å². The summed E-state index contributed by atoms with van der Waals surface area (Å²) in [6.07, 6.45) is 5.32. The minimum absolute atomic E-state index is 0.154. The number of aromatic carboxylic acids is 1. The van der Waals surface area contributed by atoms with Crippen LogP contribution in [0.5, 0.6) is 0 Å². The summed E-state index contributed by atoms with van der Waals surface area (Å²) in [4.78, 5) is 11.3. The number of hydrogen-bond acceptors (Lipinski definition) is 4. The molecule has 2 aromatic carbocycles. The number of carbonyl (C=O) groups is 1. The van der Waals surface area contributed by atoms with Crippen LogP contribution in [0.1, 0.15) is 39.9 Å². The first kappa shape index (κ1) is 14.8. The van der Waals surface area contributed by atoms with Crippen molar-refractivity contribution in [1.82, 2.24) is 0 Å². The van der Waals surface area contributed by atoms with E-state index in [1.807, 2.05) is 30.3 Å². The Labute approximate surface area is 139 Å². The van der Waals surface area contributed by atoms with Gasteiger partial charge in [-0.25, -0.2) is 4.79 Å². The van der Waals surface area contributed by atoms with Crippen LogP contribution in [0.4, 0.5) is 11.4 Å². The molecule has 0 amide bonds. The van der Waals surface area contributed by atoms with E-state index in [2.05, 4.69) is 22.9 Å². The van der Waals surface area contributed by atoms with Gasteiger partial charge in [0.15, 0.2) is 0 Å². The zero-order valence-electron chi connectivity index (χ0n) is 12.9. The molecule has 4 N–H and O–H groups in total. The SMILES string of the molecule is O=C(O)c1ccc2c(c1)C1C=CCC1C(c1ccc(NO)cc1)N2. The fraction of sp³-hybridized carbons (Fsp3) is 0.211. The zero-order valence-corrected chi connectivity index (χ0v) is 12.9. The Kier molecular flexibility index (Phi) is 3.50. The van der Waals surface area contributed by atoms with Crippen LogP contribution in [0.3, 0.4) is 0 Å². The second-order valence-electron chi connectivity index (χ2n) is 6.32. The van der Waals surface area contributed by atoms with E-state index in [1.54, 1.807) is 12.1 Å². The number of rotatable bonds is 3. The second-order valence-corrected chi connectivity index (χ2v) is 6.32. The molecule has 0 radical (unpaired) electrons. The molecule has 2 aromatic rings. The van der Waals surface area contributed by atoms with E-state index in [0.717, 1.165) is 23.2 Å². The molecule has 122 valence electrons. The van der Waals surface area contributed by atoms with E-state index >= 15 is 0 Å². The molecule has 0 spiro atoms. The summed E-state index contributed by atoms with van der Waals surface area (Å²) in [5, 5.41) is 21.8. The van der Waals surface area contributed by atoms with Crippen molar-refractivity contribution >= 4 is 17.3 Å². The highest BCUT2D eigenvalue weighted by molar-refractivity contribution is 5.89. The lowest BCUT2D eigenvalue weighted by Crippen LogP contribution is -2.29. The number of anilines is 2. The summed E-state index contributed by atoms with van der Waals surface area (Å²) < 4.78 is 0. The third kappa shape index (κ3) is 2.34. The van der Waals surface area contributed by atoms with Gasteiger partial charge in [-0.3, -0.25) is 10.7 Å². The van der Waals surface area contributed by atoms with Gasteiger partial charge in [0.25, 0.3) is 0 Å². The van der Waals surface area contributed by atoms with Gasteiger partial charge in [0.1, 0.15) is 0 Å². The van der Waals surface area contributed by atoms with Crippen LogP contribution in [0.2, 0.25) is 0 Å². The van der Waals surface area contributed by atoms with E-state index in [4.69, 9.17) is 5.21 Å². The van der Waals surface area contributed by atoms with E-state index in [0.29, 0.717) is 17.2 Å². The predicted octanol–water partition coefficient (Wildman–Crippen LogP) is 4.01. The fourth-order valence-electron chi connectivity index (χ4n) is 3.82. The van der Waals surface area contributed by atoms with Gasteiger partial charge in [-0.2, -0.15) is 0 Å². The molecule has 3 unspecified atom stereocenters. The first-order valence-corrected chi connectivity index (χ1v) is 7.98. The number of hydrogen-bond donors (Lipinski definition) is 4. The van der Waals surface area contributed by atoms with Crippen molar-refractivity contribution in [2.75, 3.05) is 10.8 Å². The van der Waals surface area contributed by atoms with Crippen molar-refractivity contribution in [2.24, 2.45) is 5.92 Å². The van der Waals surface area contributed by atoms with Crippen molar-refractivity contribution in [2.45, 2.75) is 18.4 Å². The van der Waals surface area contributed by atoms with Crippen molar-refractivity contribution in [1.29, 1.82) is 0 Å². The van der Waals surface area contributed by atoms with Gasteiger partial charge in [-0.1, -0.05) is 24.3 Å². The van der Waals surface area contributed by atoms with Gasteiger partial charge < -0.3 is 10.4 Å². The molecular formula is C19H18N2O3. The summed E-state index contributed by atoms with van der Waals surface area (Å²) in [7, 11) is 0. The Hall–Kier alpha value is -2.79. The van der Waals surface area contributed by atoms with Gasteiger partial charge in [-0.15, -0.1) is 0 Å². The average molecular weight is 322 g/mol. The van der Waals surface area contributed by atoms with Crippen molar-refractivity contribution in [3.05, 3.63) is 71.3 Å². The van der Waals surface area contributed by atoms with Gasteiger partial charge >= 0.3 is 5.97 Å². The van der Waals surface area contributed by atoms with Gasteiger partial charge in [0, 0.05) is 11.6 Å². The first-order valence-electron chi connectivity index (χ1n) is 7.98. The lowest BCUT2D eigenvalue weighted by molar-refractivity contribution is 0.0696. The average Bonchev–Trinajstić information content (AvgIpc) is 3.10. The molecule has 5 heteroatoms. The molecule has 3 atom stereocenters. The Morgan fingerprint density at radius 1 is 1.17 bits per heavy atom. The maximum absolute atomic E-state index is 11.3. The zero-order chi connectivity index (χ0) is 16.7. The van der Waals surface area contributed by atoms with Crippen LogP contribution >= 0.6 is 0 Å². The smallest absolute Gasteiger partial charge is 0.335 e. The fourth-order valence-corrected chi connectivity index (χ4v) is 3.82. The number of carboxylic acids is 1. The Morgan fingerprint density at radius 3 is 2.67 bits per heavy atom. The molecule has 0 saturated heterocycles. The number of fused-ring (bicyclic) bond motifs is 3. The van der Waals surface area contributed by atoms with Crippen LogP contribution in [0.25, 0.3) is 0 Å². The second kappa shape index (κ2) is 5.69. The molecule has 0 aromatic heterocycles. The standard InChI is InChI=1S/C19H18N2O3/c22-19(23)12-6-9-17-16(10-12)14-2-1-3-15(14)18(20-17)11-4-7-13(21-24)8-5-11/h1-2,4-10,14-15,18,20-21,24H,3H2,(H,22,23). The van der Waals surface area contributed by atoms with Crippen molar-refractivity contribution in [3.63, 3.8) is 0 Å². The summed E-state index contributed by atoms with van der Waals surface area (Å²) >= 11 is 0. The highest BCUT2D eigenvalue weighted by Crippen LogP contribution is 2.49. The third-order valence-corrected chi connectivity index (χ3v) is 5.01. The highest BCUT2D eigenvalue weighted by atomic mass is 16.5. The molecule has 4 rings (SSSR count). The molecule has 2 aliphatic rings. The van der Waals surface area contributed by atoms with Crippen LogP contribution in [0.15, 0.2) is 54.6 Å². The largest absolute Gasteiger partial charge is 0.478 e. The van der Waals surface area contributed by atoms with Crippen LogP contribution in [-0.2, 0) is 0 Å². The van der Waals surface area contributed by atoms with Gasteiger partial charge in [0.2, 0.25) is 0 Å². The van der Waals surface area contributed by atoms with Gasteiger partial charge in [-0.05, 0) is 53.8 Å². The highest BCUT2D eigenvalue weighted by Gasteiger charge is 2.38. The normalized spacial score (nSPS) is 24.0. The molecule has 5 nitrogen and oxygen atoms in total. The quantitative estimate of drug-likeness (QED) is 0.507. The van der Waals surface area contributed by atoms with E-state index in [9.17, 15) is 9.90 Å². The number of nitrogens with one attached hydrogen (secondary N) is 2. The maximum atomic E-state index is 11.3. The number of benzene rings is 2. The molecule has 1 aliphatic heterocycles. The minimum Gasteiger partial charge on any atom is -0.478 e. The number of carboxylic acid groups (broad SMARTS) is 1. The molecule has 1 heterocycles. The summed E-state index contributed by atoms with van der Waals surface area (Å²) in [6, 6.07) is 13.1. The lowest BCUT2D eigenvalue weighted by Gasteiger charge is -2.37. The minimum atomic E-state index is -0.898. The van der Waals surface area contributed by atoms with Crippen LogP contribution < -0.4 is 10.8 Å². The Bertz CT molecular complexity index is 814. The first-order chi connectivity index (χ1) is 11.7. The van der Waals surface area contributed by atoms with E-state index in [-0.39, 0.29) is 12.0 Å². The van der Waals surface area contributed by atoms with Crippen molar-refractivity contribution < 1.29 is 15.1 Å². The van der Waals surface area contributed by atoms with Gasteiger partial charge in [0.05, 0.1) is 17.3 Å². The molecule has 0 fully saturated rings. The summed E-state index contributed by atoms with van der Waals surface area (Å²) in [6.45, 7) is 0.